The predicted molar refractivity (Wildman–Crippen MR) is 83.0 cm³/mol. The third kappa shape index (κ3) is 2.32. The van der Waals surface area contributed by atoms with Crippen LogP contribution in [0.4, 0.5) is 0 Å². The number of ether oxygens (including phenoxy) is 1. The maximum absolute atomic E-state index is 12.7. The molecular weight excluding hydrogens is 306 g/mol. The largest absolute Gasteiger partial charge is 0.480 e. The van der Waals surface area contributed by atoms with Crippen LogP contribution in [0.3, 0.4) is 0 Å². The van der Waals surface area contributed by atoms with E-state index in [1.807, 2.05) is 17.0 Å². The number of nitrogens with zero attached hydrogens (tertiary/aromatic N) is 1. The number of rotatable bonds is 1. The molecule has 0 radical (unpaired) electrons. The van der Waals surface area contributed by atoms with Gasteiger partial charge in [0, 0.05) is 29.4 Å². The Kier molecular flexibility index (Phi) is 3.16. The van der Waals surface area contributed by atoms with Crippen molar-refractivity contribution in [3.05, 3.63) is 50.7 Å². The molecule has 3 heterocycles. The van der Waals surface area contributed by atoms with E-state index in [1.165, 1.54) is 10.4 Å². The van der Waals surface area contributed by atoms with Crippen LogP contribution in [-0.2, 0) is 24.2 Å². The second kappa shape index (κ2) is 5.04. The molecule has 1 aromatic heterocycles. The normalized spacial score (nSPS) is 19.9. The topological polar surface area (TPSA) is 29.5 Å². The van der Waals surface area contributed by atoms with Crippen molar-refractivity contribution in [2.24, 2.45) is 0 Å². The molecule has 2 aliphatic rings. The van der Waals surface area contributed by atoms with Crippen LogP contribution in [0.15, 0.2) is 29.6 Å². The lowest BCUT2D eigenvalue weighted by Gasteiger charge is -2.29. The summed E-state index contributed by atoms with van der Waals surface area (Å²) in [5, 5.41) is 2.79. The van der Waals surface area contributed by atoms with Gasteiger partial charge in [-0.05, 0) is 47.2 Å². The fourth-order valence-corrected chi connectivity index (χ4v) is 4.08. The average Bonchev–Trinajstić information content (AvgIpc) is 3.11. The van der Waals surface area contributed by atoms with Gasteiger partial charge >= 0.3 is 0 Å². The van der Waals surface area contributed by atoms with Crippen LogP contribution in [-0.4, -0.2) is 23.5 Å². The summed E-state index contributed by atoms with van der Waals surface area (Å²) < 4.78 is 5.80. The van der Waals surface area contributed by atoms with Crippen LogP contribution >= 0.6 is 22.9 Å². The van der Waals surface area contributed by atoms with Gasteiger partial charge in [0.25, 0.3) is 5.91 Å². The highest BCUT2D eigenvalue weighted by Gasteiger charge is 2.33. The van der Waals surface area contributed by atoms with Gasteiger partial charge in [0.15, 0.2) is 6.10 Å². The zero-order valence-corrected chi connectivity index (χ0v) is 12.9. The van der Waals surface area contributed by atoms with E-state index in [9.17, 15) is 4.79 Å². The summed E-state index contributed by atoms with van der Waals surface area (Å²) in [6.07, 6.45) is 1.16. The third-order valence-corrected chi connectivity index (χ3v) is 5.35. The Morgan fingerprint density at radius 3 is 3.14 bits per heavy atom. The second-order valence-corrected chi connectivity index (χ2v) is 6.88. The van der Waals surface area contributed by atoms with E-state index in [1.54, 1.807) is 17.4 Å². The number of benzene rings is 1. The summed E-state index contributed by atoms with van der Waals surface area (Å²) in [5.74, 6) is 0.866. The number of hydrogen-bond donors (Lipinski definition) is 0. The molecule has 0 aliphatic carbocycles. The molecule has 0 unspecified atom stereocenters. The van der Waals surface area contributed by atoms with Crippen molar-refractivity contribution >= 4 is 28.8 Å². The summed E-state index contributed by atoms with van der Waals surface area (Å²) in [5.41, 5.74) is 2.30. The van der Waals surface area contributed by atoms with Gasteiger partial charge in [0.05, 0.1) is 0 Å². The molecule has 21 heavy (non-hydrogen) atoms. The zero-order chi connectivity index (χ0) is 14.4. The van der Waals surface area contributed by atoms with E-state index in [-0.39, 0.29) is 5.91 Å². The maximum atomic E-state index is 12.7. The molecule has 0 bridgehead atoms. The monoisotopic (exact) mass is 319 g/mol. The second-order valence-electron chi connectivity index (χ2n) is 5.44. The Labute approximate surface area is 132 Å². The first-order valence-electron chi connectivity index (χ1n) is 7.00. The van der Waals surface area contributed by atoms with E-state index in [2.05, 4.69) is 11.4 Å². The lowest BCUT2D eigenvalue weighted by Crippen LogP contribution is -2.43. The van der Waals surface area contributed by atoms with Gasteiger partial charge in [0.2, 0.25) is 0 Å². The minimum atomic E-state index is -0.404. The van der Waals surface area contributed by atoms with Crippen molar-refractivity contribution in [2.75, 3.05) is 6.54 Å². The minimum Gasteiger partial charge on any atom is -0.480 e. The molecule has 0 N–H and O–H groups in total. The predicted octanol–water partition coefficient (Wildman–Crippen LogP) is 3.29. The van der Waals surface area contributed by atoms with Crippen LogP contribution in [0.1, 0.15) is 16.0 Å². The molecule has 1 amide bonds. The summed E-state index contributed by atoms with van der Waals surface area (Å²) in [6.45, 7) is 1.48. The Bertz CT molecular complexity index is 712. The van der Waals surface area contributed by atoms with E-state index >= 15 is 0 Å². The van der Waals surface area contributed by atoms with Crippen molar-refractivity contribution in [2.45, 2.75) is 25.5 Å². The van der Waals surface area contributed by atoms with E-state index < -0.39 is 6.10 Å². The average molecular weight is 320 g/mol. The molecule has 0 spiro atoms. The van der Waals surface area contributed by atoms with E-state index in [0.717, 1.165) is 24.3 Å². The van der Waals surface area contributed by atoms with Gasteiger partial charge < -0.3 is 9.64 Å². The van der Waals surface area contributed by atoms with Crippen LogP contribution in [0.2, 0.25) is 5.02 Å². The van der Waals surface area contributed by atoms with Crippen LogP contribution in [0, 0.1) is 0 Å². The fourth-order valence-electron chi connectivity index (χ4n) is 3.00. The molecule has 3 nitrogen and oxygen atoms in total. The molecule has 5 heteroatoms. The number of fused-ring (bicyclic) bond motifs is 2. The van der Waals surface area contributed by atoms with E-state index in [4.69, 9.17) is 16.3 Å². The molecule has 2 aliphatic heterocycles. The molecule has 0 saturated heterocycles. The summed E-state index contributed by atoms with van der Waals surface area (Å²) >= 11 is 7.77. The number of carbonyl (C=O) groups is 1. The van der Waals surface area contributed by atoms with Gasteiger partial charge in [-0.15, -0.1) is 11.3 Å². The van der Waals surface area contributed by atoms with Gasteiger partial charge in [-0.3, -0.25) is 4.79 Å². The summed E-state index contributed by atoms with van der Waals surface area (Å²) in [7, 11) is 0. The van der Waals surface area contributed by atoms with Crippen molar-refractivity contribution in [3.63, 3.8) is 0 Å². The Morgan fingerprint density at radius 2 is 2.24 bits per heavy atom. The first-order valence-corrected chi connectivity index (χ1v) is 8.25. The Morgan fingerprint density at radius 1 is 1.33 bits per heavy atom. The number of amides is 1. The van der Waals surface area contributed by atoms with Crippen molar-refractivity contribution in [1.29, 1.82) is 0 Å². The van der Waals surface area contributed by atoms with Crippen LogP contribution in [0.5, 0.6) is 5.75 Å². The maximum Gasteiger partial charge on any atom is 0.264 e. The smallest absolute Gasteiger partial charge is 0.264 e. The third-order valence-electron chi connectivity index (χ3n) is 4.09. The highest BCUT2D eigenvalue weighted by molar-refractivity contribution is 7.10. The summed E-state index contributed by atoms with van der Waals surface area (Å²) in [4.78, 5) is 16.0. The van der Waals surface area contributed by atoms with Gasteiger partial charge in [-0.2, -0.15) is 0 Å². The molecule has 4 rings (SSSR count). The zero-order valence-electron chi connectivity index (χ0n) is 11.3. The van der Waals surface area contributed by atoms with Crippen LogP contribution < -0.4 is 4.74 Å². The lowest BCUT2D eigenvalue weighted by atomic mass is 10.1. The van der Waals surface area contributed by atoms with Crippen molar-refractivity contribution in [1.82, 2.24) is 4.90 Å². The van der Waals surface area contributed by atoms with E-state index in [0.29, 0.717) is 18.0 Å². The Balaban J connectivity index is 1.50. The molecular formula is C16H14ClNO2S. The molecule has 108 valence electrons. The number of thiophene rings is 1. The molecule has 1 atom stereocenters. The number of halogens is 1. The highest BCUT2D eigenvalue weighted by atomic mass is 35.5. The van der Waals surface area contributed by atoms with Gasteiger partial charge in [0.1, 0.15) is 5.75 Å². The molecule has 0 fully saturated rings. The SMILES string of the molecule is O=C([C@H]1Cc2cc(Cl)ccc2O1)N1CCc2sccc2C1. The number of carbonyl (C=O) groups excluding carboxylic acids is 1. The standard InChI is InChI=1S/C16H14ClNO2S/c17-12-1-2-13-11(7-12)8-14(20-13)16(19)18-5-3-15-10(9-18)4-6-21-15/h1-2,4,6-7,14H,3,5,8-9H2/t14-/m1/s1. The Hall–Kier alpha value is -1.52. The lowest BCUT2D eigenvalue weighted by molar-refractivity contribution is -0.138. The van der Waals surface area contributed by atoms with Crippen molar-refractivity contribution < 1.29 is 9.53 Å². The van der Waals surface area contributed by atoms with Crippen molar-refractivity contribution in [3.8, 4) is 5.75 Å². The first kappa shape index (κ1) is 13.2. The summed E-state index contributed by atoms with van der Waals surface area (Å²) in [6, 6.07) is 7.64. The number of hydrogen-bond acceptors (Lipinski definition) is 3. The fraction of sp³-hybridized carbons (Fsp3) is 0.312. The highest BCUT2D eigenvalue weighted by Crippen LogP contribution is 2.32. The minimum absolute atomic E-state index is 0.0826. The van der Waals surface area contributed by atoms with Gasteiger partial charge in [-0.1, -0.05) is 11.6 Å². The van der Waals surface area contributed by atoms with Crippen LogP contribution in [0.25, 0.3) is 0 Å². The van der Waals surface area contributed by atoms with Gasteiger partial charge in [-0.25, -0.2) is 0 Å². The quantitative estimate of drug-likeness (QED) is 0.807. The molecule has 1 aromatic carbocycles. The molecule has 0 saturated carbocycles. The molecule has 2 aromatic rings. The first-order chi connectivity index (χ1) is 10.2.